The number of hydrogen-bond acceptors (Lipinski definition) is 5. The molecule has 0 aliphatic rings. The molecule has 0 spiro atoms. The van der Waals surface area contributed by atoms with Crippen LogP contribution in [-0.2, 0) is 22.3 Å². The Labute approximate surface area is 181 Å². The molecule has 0 bridgehead atoms. The topological polar surface area (TPSA) is 68.1 Å². The zero-order chi connectivity index (χ0) is 21.3. The zero-order valence-corrected chi connectivity index (χ0v) is 18.9. The van der Waals surface area contributed by atoms with Gasteiger partial charge in [-0.3, -0.25) is 0 Å². The van der Waals surface area contributed by atoms with Gasteiger partial charge in [0, 0.05) is 26.0 Å². The van der Waals surface area contributed by atoms with Crippen LogP contribution in [0.15, 0.2) is 64.5 Å². The van der Waals surface area contributed by atoms with Gasteiger partial charge in [0.2, 0.25) is 10.0 Å². The van der Waals surface area contributed by atoms with Crippen LogP contribution in [0.1, 0.15) is 19.2 Å². The van der Waals surface area contributed by atoms with Crippen molar-refractivity contribution in [3.8, 4) is 0 Å². The molecule has 0 saturated carbocycles. The summed E-state index contributed by atoms with van der Waals surface area (Å²) in [4.78, 5) is 9.76. The fourth-order valence-corrected chi connectivity index (χ4v) is 5.13. The summed E-state index contributed by atoms with van der Waals surface area (Å²) in [5.41, 5.74) is 2.63. The molecule has 0 saturated heterocycles. The molecule has 2 aromatic heterocycles. The van der Waals surface area contributed by atoms with Gasteiger partial charge < -0.3 is 4.57 Å². The Kier molecular flexibility index (Phi) is 5.81. The van der Waals surface area contributed by atoms with Crippen LogP contribution in [-0.4, -0.2) is 41.4 Å². The summed E-state index contributed by atoms with van der Waals surface area (Å²) < 4.78 is 28.4. The summed E-state index contributed by atoms with van der Waals surface area (Å²) in [5.74, 6) is 1.58. The minimum atomic E-state index is -3.49. The van der Waals surface area contributed by atoms with E-state index in [2.05, 4.69) is 23.6 Å². The molecular formula is C22H24N4O2S2. The first-order valence-corrected chi connectivity index (χ1v) is 12.2. The van der Waals surface area contributed by atoms with Crippen LogP contribution in [0.2, 0.25) is 0 Å². The highest BCUT2D eigenvalue weighted by molar-refractivity contribution is 7.98. The molecule has 0 radical (unpaired) electrons. The molecule has 0 fully saturated rings. The van der Waals surface area contributed by atoms with Gasteiger partial charge in [-0.2, -0.15) is 0 Å². The Balaban J connectivity index is 1.67. The van der Waals surface area contributed by atoms with E-state index in [1.807, 2.05) is 30.3 Å². The summed E-state index contributed by atoms with van der Waals surface area (Å²) in [7, 11) is -0.420. The van der Waals surface area contributed by atoms with Gasteiger partial charge in [-0.15, -0.1) is 0 Å². The standard InChI is InChI=1S/C22H24N4O2S2/c1-4-13-26-20-11-10-17(30(27,28)25(2)3)14-19(20)23-21(26)15-29-22-12-9-16-7-5-6-8-18(16)24-22/h5-12,14H,4,13,15H2,1-3H3. The molecule has 0 N–H and O–H groups in total. The SMILES string of the molecule is CCCn1c(CSc2ccc3ccccc3n2)nc2cc(S(=O)(=O)N(C)C)ccc21. The van der Waals surface area contributed by atoms with Crippen LogP contribution >= 0.6 is 11.8 Å². The van der Waals surface area contributed by atoms with Gasteiger partial charge in [-0.05, 0) is 36.8 Å². The number of rotatable bonds is 7. The van der Waals surface area contributed by atoms with Gasteiger partial charge in [0.25, 0.3) is 0 Å². The number of para-hydroxylation sites is 1. The van der Waals surface area contributed by atoms with Crippen molar-refractivity contribution in [1.29, 1.82) is 0 Å². The van der Waals surface area contributed by atoms with Crippen LogP contribution in [0.3, 0.4) is 0 Å². The molecule has 30 heavy (non-hydrogen) atoms. The van der Waals surface area contributed by atoms with Gasteiger partial charge in [0.15, 0.2) is 0 Å². The second-order valence-corrected chi connectivity index (χ2v) is 10.4. The molecule has 0 aliphatic heterocycles. The lowest BCUT2D eigenvalue weighted by atomic mass is 10.2. The molecule has 0 unspecified atom stereocenters. The molecule has 4 aromatic rings. The number of sulfonamides is 1. The van der Waals surface area contributed by atoms with Crippen molar-refractivity contribution in [2.75, 3.05) is 14.1 Å². The molecule has 0 amide bonds. The van der Waals surface area contributed by atoms with E-state index in [9.17, 15) is 8.42 Å². The van der Waals surface area contributed by atoms with Gasteiger partial charge in [-0.1, -0.05) is 43.0 Å². The van der Waals surface area contributed by atoms with E-state index in [1.165, 1.54) is 18.4 Å². The van der Waals surface area contributed by atoms with Crippen LogP contribution in [0.25, 0.3) is 21.9 Å². The third-order valence-corrected chi connectivity index (χ3v) is 7.68. The molecule has 2 heterocycles. The van der Waals surface area contributed by atoms with Crippen molar-refractivity contribution in [2.24, 2.45) is 0 Å². The third-order valence-electron chi connectivity index (χ3n) is 4.95. The molecule has 0 atom stereocenters. The Hall–Kier alpha value is -2.42. The first-order chi connectivity index (χ1) is 14.4. The predicted molar refractivity (Wildman–Crippen MR) is 122 cm³/mol. The number of benzene rings is 2. The number of aromatic nitrogens is 3. The van der Waals surface area contributed by atoms with Crippen LogP contribution in [0.5, 0.6) is 0 Å². The highest BCUT2D eigenvalue weighted by atomic mass is 32.2. The largest absolute Gasteiger partial charge is 0.327 e. The van der Waals surface area contributed by atoms with Crippen LogP contribution in [0.4, 0.5) is 0 Å². The van der Waals surface area contributed by atoms with Crippen molar-refractivity contribution in [2.45, 2.75) is 35.6 Å². The molecule has 0 aliphatic carbocycles. The normalized spacial score (nSPS) is 12.3. The highest BCUT2D eigenvalue weighted by Gasteiger charge is 2.19. The van der Waals surface area contributed by atoms with Crippen LogP contribution < -0.4 is 0 Å². The maximum absolute atomic E-state index is 12.5. The minimum absolute atomic E-state index is 0.261. The lowest BCUT2D eigenvalue weighted by Gasteiger charge is -2.11. The number of nitrogens with zero attached hydrogens (tertiary/aromatic N) is 4. The van der Waals surface area contributed by atoms with E-state index in [0.717, 1.165) is 40.2 Å². The second-order valence-electron chi connectivity index (χ2n) is 7.25. The summed E-state index contributed by atoms with van der Waals surface area (Å²) in [5, 5.41) is 2.06. The summed E-state index contributed by atoms with van der Waals surface area (Å²) >= 11 is 1.64. The van der Waals surface area contributed by atoms with E-state index in [0.29, 0.717) is 11.3 Å². The van der Waals surface area contributed by atoms with E-state index in [1.54, 1.807) is 23.9 Å². The maximum atomic E-state index is 12.5. The zero-order valence-electron chi connectivity index (χ0n) is 17.2. The van der Waals surface area contributed by atoms with Crippen molar-refractivity contribution >= 4 is 43.7 Å². The number of imidazole rings is 1. The second kappa shape index (κ2) is 8.37. The summed E-state index contributed by atoms with van der Waals surface area (Å²) in [6, 6.07) is 17.4. The Morgan fingerprint density at radius 1 is 1.00 bits per heavy atom. The monoisotopic (exact) mass is 440 g/mol. The van der Waals surface area contributed by atoms with Gasteiger partial charge in [0.05, 0.1) is 32.2 Å². The van der Waals surface area contributed by atoms with Crippen LogP contribution in [0, 0.1) is 0 Å². The Morgan fingerprint density at radius 3 is 2.57 bits per heavy atom. The first-order valence-electron chi connectivity index (χ1n) is 9.80. The number of pyridine rings is 1. The lowest BCUT2D eigenvalue weighted by molar-refractivity contribution is 0.521. The number of hydrogen-bond donors (Lipinski definition) is 0. The fourth-order valence-electron chi connectivity index (χ4n) is 3.38. The molecule has 8 heteroatoms. The van der Waals surface area contributed by atoms with E-state index < -0.39 is 10.0 Å². The van der Waals surface area contributed by atoms with E-state index >= 15 is 0 Å². The highest BCUT2D eigenvalue weighted by Crippen LogP contribution is 2.27. The number of thioether (sulfide) groups is 1. The van der Waals surface area contributed by atoms with Crippen molar-refractivity contribution in [1.82, 2.24) is 18.8 Å². The van der Waals surface area contributed by atoms with Gasteiger partial charge in [-0.25, -0.2) is 22.7 Å². The molecular weight excluding hydrogens is 416 g/mol. The average molecular weight is 441 g/mol. The maximum Gasteiger partial charge on any atom is 0.242 e. The van der Waals surface area contributed by atoms with Gasteiger partial charge in [0.1, 0.15) is 5.82 Å². The summed E-state index contributed by atoms with van der Waals surface area (Å²) in [6.45, 7) is 2.95. The minimum Gasteiger partial charge on any atom is -0.327 e. The lowest BCUT2D eigenvalue weighted by Crippen LogP contribution is -2.22. The molecule has 156 valence electrons. The van der Waals surface area contributed by atoms with Crippen molar-refractivity contribution in [3.63, 3.8) is 0 Å². The van der Waals surface area contributed by atoms with Gasteiger partial charge >= 0.3 is 0 Å². The molecule has 4 rings (SSSR count). The third kappa shape index (κ3) is 3.95. The van der Waals surface area contributed by atoms with Crippen molar-refractivity contribution in [3.05, 3.63) is 60.4 Å². The summed E-state index contributed by atoms with van der Waals surface area (Å²) in [6.07, 6.45) is 0.967. The molecule has 6 nitrogen and oxygen atoms in total. The Morgan fingerprint density at radius 2 is 1.80 bits per heavy atom. The fraction of sp³-hybridized carbons (Fsp3) is 0.273. The first kappa shape index (κ1) is 20.8. The quantitative estimate of drug-likeness (QED) is 0.395. The Bertz CT molecular complexity index is 1310. The molecule has 2 aromatic carbocycles. The van der Waals surface area contributed by atoms with E-state index in [-0.39, 0.29) is 4.90 Å². The number of fused-ring (bicyclic) bond motifs is 2. The smallest absolute Gasteiger partial charge is 0.242 e. The number of aryl methyl sites for hydroxylation is 1. The van der Waals surface area contributed by atoms with E-state index in [4.69, 9.17) is 9.97 Å². The predicted octanol–water partition coefficient (Wildman–Crippen LogP) is 4.54. The van der Waals surface area contributed by atoms with Crippen molar-refractivity contribution < 1.29 is 8.42 Å². The average Bonchev–Trinajstić information content (AvgIpc) is 3.09.